The van der Waals surface area contributed by atoms with Gasteiger partial charge in [0.1, 0.15) is 5.75 Å². The molecule has 0 saturated carbocycles. The Bertz CT molecular complexity index is 701. The van der Waals surface area contributed by atoms with Crippen molar-refractivity contribution < 1.29 is 15.0 Å². The summed E-state index contributed by atoms with van der Waals surface area (Å²) in [5.41, 5.74) is 2.59. The van der Waals surface area contributed by atoms with Gasteiger partial charge in [0.25, 0.3) is 0 Å². The number of aliphatic carboxylic acids is 1. The van der Waals surface area contributed by atoms with Gasteiger partial charge in [0.2, 0.25) is 0 Å². The Balaban J connectivity index is 2.18. The number of aryl methyl sites for hydroxylation is 1. The Morgan fingerprint density at radius 3 is 1.60 bits per heavy atom. The van der Waals surface area contributed by atoms with Crippen molar-refractivity contribution in [3.8, 4) is 5.75 Å². The third-order valence-corrected chi connectivity index (χ3v) is 7.41. The molecule has 0 saturated heterocycles. The molecule has 1 atom stereocenters. The van der Waals surface area contributed by atoms with E-state index in [0.29, 0.717) is 12.2 Å². The van der Waals surface area contributed by atoms with E-state index in [1.807, 2.05) is 19.1 Å². The molecule has 0 fully saturated rings. The average molecular weight is 489 g/mol. The molecule has 0 heterocycles. The first-order valence-electron chi connectivity index (χ1n) is 14.7. The van der Waals surface area contributed by atoms with Gasteiger partial charge in [0.15, 0.2) is 0 Å². The van der Waals surface area contributed by atoms with Crippen LogP contribution in [0, 0.1) is 12.8 Å². The normalized spacial score (nSPS) is 12.7. The van der Waals surface area contributed by atoms with Crippen molar-refractivity contribution in [1.82, 2.24) is 0 Å². The lowest BCUT2D eigenvalue weighted by atomic mass is 9.82. The molecule has 0 spiro atoms. The number of benzene rings is 1. The molecule has 0 amide bonds. The number of carboxylic acid groups (broad SMARTS) is 1. The minimum absolute atomic E-state index is 0.169. The highest BCUT2D eigenvalue weighted by molar-refractivity contribution is 5.70. The van der Waals surface area contributed by atoms with Crippen LogP contribution in [0.1, 0.15) is 154 Å². The number of carboxylic acids is 1. The van der Waals surface area contributed by atoms with Gasteiger partial charge in [-0.15, -0.1) is 0 Å². The molecule has 35 heavy (non-hydrogen) atoms. The molecular formula is C32H56O3. The monoisotopic (exact) mass is 488 g/mol. The number of aromatic hydroxyl groups is 1. The Morgan fingerprint density at radius 2 is 1.20 bits per heavy atom. The quantitative estimate of drug-likeness (QED) is 0.179. The number of phenolic OH excluding ortho intramolecular Hbond substituents is 1. The van der Waals surface area contributed by atoms with Crippen LogP contribution in [-0.4, -0.2) is 16.2 Å². The Hall–Kier alpha value is -1.51. The average Bonchev–Trinajstić information content (AvgIpc) is 2.79. The van der Waals surface area contributed by atoms with E-state index in [4.69, 9.17) is 0 Å². The standard InChI is InChI=1S/C32H56O3/c1-6-7-8-9-10-11-12-13-14-15-16-17-18-19-20-21-22-28(31(34)35)24-27-23-26(2)30(33)29(25-27)32(3,4)5/h23,25,28,33H,6-22,24H2,1-5H3,(H,34,35). The lowest BCUT2D eigenvalue weighted by Crippen LogP contribution is -2.18. The van der Waals surface area contributed by atoms with Gasteiger partial charge in [-0.1, -0.05) is 143 Å². The van der Waals surface area contributed by atoms with E-state index in [1.54, 1.807) is 0 Å². The van der Waals surface area contributed by atoms with Gasteiger partial charge in [-0.05, 0) is 41.9 Å². The van der Waals surface area contributed by atoms with Crippen molar-refractivity contribution in [3.05, 3.63) is 28.8 Å². The van der Waals surface area contributed by atoms with Gasteiger partial charge in [-0.25, -0.2) is 0 Å². The van der Waals surface area contributed by atoms with Crippen LogP contribution >= 0.6 is 0 Å². The Labute approximate surface area is 217 Å². The zero-order valence-electron chi connectivity index (χ0n) is 23.8. The van der Waals surface area contributed by atoms with Gasteiger partial charge in [-0.2, -0.15) is 0 Å². The zero-order valence-corrected chi connectivity index (χ0v) is 23.8. The fourth-order valence-electron chi connectivity index (χ4n) is 5.08. The van der Waals surface area contributed by atoms with Crippen molar-refractivity contribution in [2.75, 3.05) is 0 Å². The summed E-state index contributed by atoms with van der Waals surface area (Å²) >= 11 is 0. The Kier molecular flexibility index (Phi) is 16.1. The highest BCUT2D eigenvalue weighted by Gasteiger charge is 2.23. The molecule has 1 aromatic carbocycles. The van der Waals surface area contributed by atoms with E-state index in [2.05, 4.69) is 27.7 Å². The van der Waals surface area contributed by atoms with Crippen LogP contribution < -0.4 is 0 Å². The van der Waals surface area contributed by atoms with Crippen LogP contribution in [0.4, 0.5) is 0 Å². The predicted octanol–water partition coefficient (Wildman–Crippen LogP) is 9.89. The minimum Gasteiger partial charge on any atom is -0.507 e. The number of hydrogen-bond donors (Lipinski definition) is 2. The summed E-state index contributed by atoms with van der Waals surface area (Å²) in [6.45, 7) is 10.4. The van der Waals surface area contributed by atoms with E-state index in [1.165, 1.54) is 89.9 Å². The minimum atomic E-state index is -0.700. The maximum absolute atomic E-state index is 11.9. The third-order valence-electron chi connectivity index (χ3n) is 7.41. The molecule has 0 aliphatic rings. The molecule has 202 valence electrons. The van der Waals surface area contributed by atoms with E-state index < -0.39 is 5.97 Å². The van der Waals surface area contributed by atoms with Crippen molar-refractivity contribution in [1.29, 1.82) is 0 Å². The van der Waals surface area contributed by atoms with Crippen molar-refractivity contribution in [3.63, 3.8) is 0 Å². The number of carbonyl (C=O) groups is 1. The van der Waals surface area contributed by atoms with E-state index in [-0.39, 0.29) is 11.3 Å². The second-order valence-electron chi connectivity index (χ2n) is 11.9. The number of phenols is 1. The molecule has 1 unspecified atom stereocenters. The maximum atomic E-state index is 11.9. The second kappa shape index (κ2) is 17.8. The van der Waals surface area contributed by atoms with Crippen molar-refractivity contribution in [2.24, 2.45) is 5.92 Å². The van der Waals surface area contributed by atoms with Crippen LogP contribution in [0.2, 0.25) is 0 Å². The Morgan fingerprint density at radius 1 is 0.771 bits per heavy atom. The van der Waals surface area contributed by atoms with Gasteiger partial charge < -0.3 is 10.2 Å². The largest absolute Gasteiger partial charge is 0.507 e. The van der Waals surface area contributed by atoms with Gasteiger partial charge in [0, 0.05) is 0 Å². The second-order valence-corrected chi connectivity index (χ2v) is 11.9. The first kappa shape index (κ1) is 31.5. The van der Waals surface area contributed by atoms with Crippen molar-refractivity contribution >= 4 is 5.97 Å². The van der Waals surface area contributed by atoms with Gasteiger partial charge in [0.05, 0.1) is 5.92 Å². The smallest absolute Gasteiger partial charge is 0.306 e. The third kappa shape index (κ3) is 14.0. The zero-order chi connectivity index (χ0) is 26.1. The molecule has 0 radical (unpaired) electrons. The van der Waals surface area contributed by atoms with Crippen LogP contribution in [-0.2, 0) is 16.6 Å². The number of hydrogen-bond acceptors (Lipinski definition) is 2. The first-order chi connectivity index (χ1) is 16.7. The molecule has 1 aromatic rings. The summed E-state index contributed by atoms with van der Waals surface area (Å²) in [6.07, 6.45) is 22.6. The van der Waals surface area contributed by atoms with E-state index in [9.17, 15) is 15.0 Å². The lowest BCUT2D eigenvalue weighted by molar-refractivity contribution is -0.142. The van der Waals surface area contributed by atoms with Gasteiger partial charge in [-0.3, -0.25) is 4.79 Å². The molecule has 1 rings (SSSR count). The summed E-state index contributed by atoms with van der Waals surface area (Å²) in [6, 6.07) is 3.96. The number of rotatable bonds is 20. The topological polar surface area (TPSA) is 57.5 Å². The molecule has 0 aromatic heterocycles. The molecule has 3 nitrogen and oxygen atoms in total. The molecule has 3 heteroatoms. The first-order valence-corrected chi connectivity index (χ1v) is 14.7. The number of unbranched alkanes of at least 4 members (excludes halogenated alkanes) is 15. The summed E-state index contributed by atoms with van der Waals surface area (Å²) < 4.78 is 0. The molecular weight excluding hydrogens is 432 g/mol. The summed E-state index contributed by atoms with van der Waals surface area (Å²) in [4.78, 5) is 11.9. The fraction of sp³-hybridized carbons (Fsp3) is 0.781. The predicted molar refractivity (Wildman–Crippen MR) is 151 cm³/mol. The van der Waals surface area contributed by atoms with Crippen molar-refractivity contribution in [2.45, 2.75) is 156 Å². The maximum Gasteiger partial charge on any atom is 0.306 e. The van der Waals surface area contributed by atoms with Crippen LogP contribution in [0.5, 0.6) is 5.75 Å². The SMILES string of the molecule is CCCCCCCCCCCCCCCCCCC(Cc1cc(C)c(O)c(C(C)(C)C)c1)C(=O)O. The fourth-order valence-corrected chi connectivity index (χ4v) is 5.08. The summed E-state index contributed by atoms with van der Waals surface area (Å²) in [5, 5.41) is 20.2. The highest BCUT2D eigenvalue weighted by atomic mass is 16.4. The van der Waals surface area contributed by atoms with Gasteiger partial charge >= 0.3 is 5.97 Å². The van der Waals surface area contributed by atoms with E-state index >= 15 is 0 Å². The van der Waals surface area contributed by atoms with Crippen LogP contribution in [0.3, 0.4) is 0 Å². The molecule has 0 bridgehead atoms. The van der Waals surface area contributed by atoms with Crippen LogP contribution in [0.25, 0.3) is 0 Å². The molecule has 0 aliphatic heterocycles. The van der Waals surface area contributed by atoms with E-state index in [0.717, 1.165) is 36.0 Å². The van der Waals surface area contributed by atoms with Crippen LogP contribution in [0.15, 0.2) is 12.1 Å². The summed E-state index contributed by atoms with van der Waals surface area (Å²) in [5.74, 6) is -0.710. The highest BCUT2D eigenvalue weighted by Crippen LogP contribution is 2.35. The summed E-state index contributed by atoms with van der Waals surface area (Å²) in [7, 11) is 0. The molecule has 0 aliphatic carbocycles. The molecule has 2 N–H and O–H groups in total. The lowest BCUT2D eigenvalue weighted by Gasteiger charge is -2.23.